The molecule has 0 aromatic heterocycles. The van der Waals surface area contributed by atoms with Crippen molar-refractivity contribution >= 4 is 0 Å². The molecule has 2 heteroatoms. The van der Waals surface area contributed by atoms with Gasteiger partial charge in [-0.15, -0.1) is 0 Å². The van der Waals surface area contributed by atoms with Crippen LogP contribution in [0.5, 0.6) is 0 Å². The molecular formula is C16H25NO. The third-order valence-corrected chi connectivity index (χ3v) is 3.77. The van der Waals surface area contributed by atoms with E-state index in [-0.39, 0.29) is 0 Å². The molecule has 0 amide bonds. The predicted molar refractivity (Wildman–Crippen MR) is 75.4 cm³/mol. The molecular weight excluding hydrogens is 222 g/mol. The number of ether oxygens (including phenoxy) is 1. The first-order chi connectivity index (χ1) is 8.90. The zero-order valence-electron chi connectivity index (χ0n) is 11.5. The van der Waals surface area contributed by atoms with Crippen LogP contribution in [-0.4, -0.2) is 13.2 Å². The first kappa shape index (κ1) is 13.6. The maximum Gasteiger partial charge on any atom is 0.0720 e. The minimum Gasteiger partial charge on any atom is -0.376 e. The summed E-state index contributed by atoms with van der Waals surface area (Å²) in [7, 11) is 0. The molecule has 2 rings (SSSR count). The molecule has 0 aliphatic heterocycles. The van der Waals surface area contributed by atoms with Crippen molar-refractivity contribution in [3.63, 3.8) is 0 Å². The van der Waals surface area contributed by atoms with E-state index in [0.29, 0.717) is 0 Å². The largest absolute Gasteiger partial charge is 0.376 e. The monoisotopic (exact) mass is 247 g/mol. The Morgan fingerprint density at radius 2 is 1.89 bits per heavy atom. The minimum atomic E-state index is 0.762. The van der Waals surface area contributed by atoms with Gasteiger partial charge in [0.15, 0.2) is 0 Å². The van der Waals surface area contributed by atoms with Gasteiger partial charge < -0.3 is 10.1 Å². The molecule has 1 aliphatic rings. The molecule has 1 saturated carbocycles. The smallest absolute Gasteiger partial charge is 0.0720 e. The number of nitrogens with one attached hydrogen (secondary N) is 1. The van der Waals surface area contributed by atoms with Gasteiger partial charge in [-0.1, -0.05) is 44.0 Å². The number of hydrogen-bond donors (Lipinski definition) is 1. The summed E-state index contributed by atoms with van der Waals surface area (Å²) < 4.78 is 5.90. The molecule has 1 aromatic carbocycles. The van der Waals surface area contributed by atoms with Gasteiger partial charge >= 0.3 is 0 Å². The fourth-order valence-electron chi connectivity index (χ4n) is 2.64. The van der Waals surface area contributed by atoms with Crippen LogP contribution in [0.4, 0.5) is 0 Å². The van der Waals surface area contributed by atoms with Gasteiger partial charge in [-0.25, -0.2) is 0 Å². The van der Waals surface area contributed by atoms with Crippen molar-refractivity contribution in [2.45, 2.75) is 45.8 Å². The normalized spacial score (nSPS) is 16.3. The summed E-state index contributed by atoms with van der Waals surface area (Å²) in [6.07, 6.45) is 5.51. The van der Waals surface area contributed by atoms with Gasteiger partial charge in [-0.3, -0.25) is 0 Å². The summed E-state index contributed by atoms with van der Waals surface area (Å²) in [4.78, 5) is 0. The van der Waals surface area contributed by atoms with Crippen molar-refractivity contribution in [2.24, 2.45) is 5.92 Å². The van der Waals surface area contributed by atoms with Gasteiger partial charge in [-0.05, 0) is 36.4 Å². The molecule has 0 spiro atoms. The van der Waals surface area contributed by atoms with Crippen molar-refractivity contribution in [3.8, 4) is 0 Å². The number of benzene rings is 1. The second kappa shape index (κ2) is 7.55. The number of hydrogen-bond acceptors (Lipinski definition) is 2. The molecule has 18 heavy (non-hydrogen) atoms. The van der Waals surface area contributed by atoms with E-state index < -0.39 is 0 Å². The quantitative estimate of drug-likeness (QED) is 0.796. The highest BCUT2D eigenvalue weighted by atomic mass is 16.5. The van der Waals surface area contributed by atoms with E-state index in [4.69, 9.17) is 4.74 Å². The molecule has 2 nitrogen and oxygen atoms in total. The van der Waals surface area contributed by atoms with Crippen LogP contribution < -0.4 is 5.32 Å². The average Bonchev–Trinajstić information content (AvgIpc) is 2.91. The SMILES string of the molecule is CCNCc1ccccc1COCC1CCCC1. The van der Waals surface area contributed by atoms with Crippen molar-refractivity contribution in [2.75, 3.05) is 13.2 Å². The lowest BCUT2D eigenvalue weighted by molar-refractivity contribution is 0.0884. The fourth-order valence-corrected chi connectivity index (χ4v) is 2.64. The van der Waals surface area contributed by atoms with E-state index in [1.807, 2.05) is 0 Å². The summed E-state index contributed by atoms with van der Waals surface area (Å²) in [5.41, 5.74) is 2.70. The second-order valence-corrected chi connectivity index (χ2v) is 5.21. The molecule has 0 radical (unpaired) electrons. The van der Waals surface area contributed by atoms with Gasteiger partial charge in [-0.2, -0.15) is 0 Å². The molecule has 1 N–H and O–H groups in total. The summed E-state index contributed by atoms with van der Waals surface area (Å²) in [5.74, 6) is 0.811. The molecule has 0 atom stereocenters. The molecule has 0 heterocycles. The molecule has 1 aromatic rings. The third kappa shape index (κ3) is 4.11. The lowest BCUT2D eigenvalue weighted by atomic mass is 10.1. The zero-order valence-corrected chi connectivity index (χ0v) is 11.5. The lowest BCUT2D eigenvalue weighted by Gasteiger charge is -2.13. The first-order valence-corrected chi connectivity index (χ1v) is 7.25. The Morgan fingerprint density at radius 3 is 2.61 bits per heavy atom. The van der Waals surface area contributed by atoms with Gasteiger partial charge in [0.1, 0.15) is 0 Å². The zero-order chi connectivity index (χ0) is 12.6. The topological polar surface area (TPSA) is 21.3 Å². The fraction of sp³-hybridized carbons (Fsp3) is 0.625. The molecule has 0 saturated heterocycles. The Kier molecular flexibility index (Phi) is 5.69. The van der Waals surface area contributed by atoms with E-state index in [1.165, 1.54) is 36.8 Å². The maximum atomic E-state index is 5.90. The van der Waals surface area contributed by atoms with Crippen LogP contribution in [0.15, 0.2) is 24.3 Å². The van der Waals surface area contributed by atoms with E-state index in [1.54, 1.807) is 0 Å². The first-order valence-electron chi connectivity index (χ1n) is 7.25. The van der Waals surface area contributed by atoms with Crippen LogP contribution in [0.2, 0.25) is 0 Å². The van der Waals surface area contributed by atoms with Gasteiger partial charge in [0, 0.05) is 13.2 Å². The maximum absolute atomic E-state index is 5.90. The lowest BCUT2D eigenvalue weighted by Crippen LogP contribution is -2.14. The van der Waals surface area contributed by atoms with Crippen LogP contribution in [0, 0.1) is 5.92 Å². The standard InChI is InChI=1S/C16H25NO/c1-2-17-11-15-9-5-6-10-16(15)13-18-12-14-7-3-4-8-14/h5-6,9-10,14,17H,2-4,7-8,11-13H2,1H3. The van der Waals surface area contributed by atoms with Crippen molar-refractivity contribution in [3.05, 3.63) is 35.4 Å². The highest BCUT2D eigenvalue weighted by Gasteiger charge is 2.14. The highest BCUT2D eigenvalue weighted by molar-refractivity contribution is 5.26. The van der Waals surface area contributed by atoms with Gasteiger partial charge in [0.05, 0.1) is 6.61 Å². The summed E-state index contributed by atoms with van der Waals surface area (Å²) in [5, 5.41) is 3.38. The summed E-state index contributed by atoms with van der Waals surface area (Å²) in [6, 6.07) is 8.58. The Hall–Kier alpha value is -0.860. The highest BCUT2D eigenvalue weighted by Crippen LogP contribution is 2.25. The third-order valence-electron chi connectivity index (χ3n) is 3.77. The van der Waals surface area contributed by atoms with Crippen LogP contribution in [0.25, 0.3) is 0 Å². The Labute approximate surface area is 111 Å². The predicted octanol–water partition coefficient (Wildman–Crippen LogP) is 3.50. The molecule has 0 unspecified atom stereocenters. The molecule has 1 aliphatic carbocycles. The molecule has 100 valence electrons. The number of rotatable bonds is 7. The Balaban J connectivity index is 1.79. The van der Waals surface area contributed by atoms with E-state index in [0.717, 1.165) is 32.2 Å². The van der Waals surface area contributed by atoms with E-state index >= 15 is 0 Å². The second-order valence-electron chi connectivity index (χ2n) is 5.21. The van der Waals surface area contributed by atoms with Crippen molar-refractivity contribution in [1.29, 1.82) is 0 Å². The molecule has 1 fully saturated rings. The van der Waals surface area contributed by atoms with Crippen LogP contribution in [0.3, 0.4) is 0 Å². The average molecular weight is 247 g/mol. The van der Waals surface area contributed by atoms with E-state index in [2.05, 4.69) is 36.5 Å². The van der Waals surface area contributed by atoms with Crippen molar-refractivity contribution in [1.82, 2.24) is 5.32 Å². The van der Waals surface area contributed by atoms with Crippen LogP contribution >= 0.6 is 0 Å². The van der Waals surface area contributed by atoms with Crippen molar-refractivity contribution < 1.29 is 4.74 Å². The van der Waals surface area contributed by atoms with Crippen LogP contribution in [0.1, 0.15) is 43.7 Å². The van der Waals surface area contributed by atoms with Crippen LogP contribution in [-0.2, 0) is 17.9 Å². The summed E-state index contributed by atoms with van der Waals surface area (Å²) >= 11 is 0. The van der Waals surface area contributed by atoms with Gasteiger partial charge in [0.2, 0.25) is 0 Å². The Bertz CT molecular complexity index is 345. The van der Waals surface area contributed by atoms with Gasteiger partial charge in [0.25, 0.3) is 0 Å². The van der Waals surface area contributed by atoms with E-state index in [9.17, 15) is 0 Å². The minimum absolute atomic E-state index is 0.762. The Morgan fingerprint density at radius 1 is 1.17 bits per heavy atom. The molecule has 0 bridgehead atoms. The summed E-state index contributed by atoms with van der Waals surface area (Å²) in [6.45, 7) is 5.80.